The van der Waals surface area contributed by atoms with Gasteiger partial charge < -0.3 is 0 Å². The second-order valence-electron chi connectivity index (χ2n) is 4.40. The van der Waals surface area contributed by atoms with Gasteiger partial charge in [0.2, 0.25) is 0 Å². The fraction of sp³-hybridized carbons (Fsp3) is 0.538. The minimum absolute atomic E-state index is 0.255. The zero-order chi connectivity index (χ0) is 12.2. The van der Waals surface area contributed by atoms with Crippen molar-refractivity contribution in [1.29, 1.82) is 0 Å². The van der Waals surface area contributed by atoms with Crippen LogP contribution in [-0.2, 0) is 9.84 Å². The molecular weight excluding hydrogens is 220 g/mol. The summed E-state index contributed by atoms with van der Waals surface area (Å²) in [6, 6.07) is 7.30. The van der Waals surface area contributed by atoms with Crippen LogP contribution in [0.4, 0.5) is 0 Å². The summed E-state index contributed by atoms with van der Waals surface area (Å²) in [4.78, 5) is 0.465. The molecule has 90 valence electrons. The van der Waals surface area contributed by atoms with Crippen LogP contribution in [0.1, 0.15) is 45.1 Å². The lowest BCUT2D eigenvalue weighted by Crippen LogP contribution is -2.07. The van der Waals surface area contributed by atoms with E-state index in [2.05, 4.69) is 13.8 Å². The van der Waals surface area contributed by atoms with Crippen LogP contribution in [-0.4, -0.2) is 14.2 Å². The predicted molar refractivity (Wildman–Crippen MR) is 67.5 cm³/mol. The van der Waals surface area contributed by atoms with Gasteiger partial charge in [0.15, 0.2) is 9.84 Å². The lowest BCUT2D eigenvalue weighted by Gasteiger charge is -2.08. The number of benzene rings is 1. The molecule has 0 spiro atoms. The molecule has 0 N–H and O–H groups in total. The average Bonchev–Trinajstić information content (AvgIpc) is 2.26. The summed E-state index contributed by atoms with van der Waals surface area (Å²) < 4.78 is 23.9. The molecule has 0 bridgehead atoms. The fourth-order valence-electron chi connectivity index (χ4n) is 1.52. The van der Waals surface area contributed by atoms with E-state index in [0.29, 0.717) is 10.8 Å². The van der Waals surface area contributed by atoms with E-state index in [1.54, 1.807) is 12.1 Å². The molecule has 0 saturated heterocycles. The first-order valence-corrected chi connectivity index (χ1v) is 7.45. The van der Waals surface area contributed by atoms with E-state index in [4.69, 9.17) is 0 Å². The number of hydrogen-bond acceptors (Lipinski definition) is 2. The first-order valence-electron chi connectivity index (χ1n) is 5.80. The first kappa shape index (κ1) is 13.2. The molecule has 0 unspecified atom stereocenters. The lowest BCUT2D eigenvalue weighted by atomic mass is 10.0. The van der Waals surface area contributed by atoms with Crippen molar-refractivity contribution in [2.45, 2.75) is 44.4 Å². The summed E-state index contributed by atoms with van der Waals surface area (Å²) >= 11 is 0. The van der Waals surface area contributed by atoms with Crippen LogP contribution >= 0.6 is 0 Å². The molecule has 0 aromatic heterocycles. The van der Waals surface area contributed by atoms with Crippen LogP contribution in [0.2, 0.25) is 0 Å². The molecule has 0 radical (unpaired) electrons. The van der Waals surface area contributed by atoms with Gasteiger partial charge in [0.05, 0.1) is 10.6 Å². The molecule has 0 amide bonds. The minimum atomic E-state index is -3.08. The van der Waals surface area contributed by atoms with E-state index >= 15 is 0 Å². The van der Waals surface area contributed by atoms with Gasteiger partial charge in [-0.15, -0.1) is 0 Å². The van der Waals surface area contributed by atoms with Gasteiger partial charge in [0, 0.05) is 0 Å². The monoisotopic (exact) mass is 240 g/mol. The highest BCUT2D eigenvalue weighted by Crippen LogP contribution is 2.20. The van der Waals surface area contributed by atoms with E-state index in [9.17, 15) is 8.42 Å². The third-order valence-electron chi connectivity index (χ3n) is 2.65. The molecule has 0 atom stereocenters. The molecule has 0 fully saturated rings. The number of unbranched alkanes of at least 4 members (excludes halogenated alkanes) is 1. The Kier molecular flexibility index (Phi) is 4.54. The van der Waals surface area contributed by atoms with Crippen molar-refractivity contribution in [3.05, 3.63) is 29.8 Å². The van der Waals surface area contributed by atoms with Gasteiger partial charge in [-0.3, -0.25) is 0 Å². The Bertz CT molecular complexity index is 433. The summed E-state index contributed by atoms with van der Waals surface area (Å²) in [6.07, 6.45) is 1.64. The Hall–Kier alpha value is -0.830. The van der Waals surface area contributed by atoms with E-state index < -0.39 is 9.84 Å². The van der Waals surface area contributed by atoms with Crippen LogP contribution in [0.3, 0.4) is 0 Å². The minimum Gasteiger partial charge on any atom is -0.224 e. The molecule has 16 heavy (non-hydrogen) atoms. The Morgan fingerprint density at radius 1 is 1.25 bits per heavy atom. The predicted octanol–water partition coefficient (Wildman–Crippen LogP) is 3.38. The molecule has 1 aromatic carbocycles. The molecule has 1 aromatic rings. The highest BCUT2D eigenvalue weighted by molar-refractivity contribution is 7.91. The highest BCUT2D eigenvalue weighted by atomic mass is 32.2. The maximum absolute atomic E-state index is 12.0. The summed E-state index contributed by atoms with van der Waals surface area (Å²) in [5.74, 6) is 0.617. The van der Waals surface area contributed by atoms with Gasteiger partial charge in [0.1, 0.15) is 0 Å². The lowest BCUT2D eigenvalue weighted by molar-refractivity contribution is 0.592. The van der Waals surface area contributed by atoms with E-state index in [1.165, 1.54) is 0 Å². The third-order valence-corrected chi connectivity index (χ3v) is 4.45. The normalized spacial score (nSPS) is 12.0. The van der Waals surface area contributed by atoms with E-state index in [-0.39, 0.29) is 5.75 Å². The van der Waals surface area contributed by atoms with Crippen LogP contribution in [0, 0.1) is 0 Å². The van der Waals surface area contributed by atoms with Crippen molar-refractivity contribution >= 4 is 9.84 Å². The van der Waals surface area contributed by atoms with Crippen molar-refractivity contribution in [3.8, 4) is 0 Å². The molecule has 0 heterocycles. The van der Waals surface area contributed by atoms with E-state index in [1.807, 2.05) is 19.1 Å². The van der Waals surface area contributed by atoms with Gasteiger partial charge >= 0.3 is 0 Å². The largest absolute Gasteiger partial charge is 0.224 e. The molecule has 0 aliphatic rings. The van der Waals surface area contributed by atoms with E-state index in [0.717, 1.165) is 18.4 Å². The number of hydrogen-bond donors (Lipinski definition) is 0. The van der Waals surface area contributed by atoms with Crippen LogP contribution in [0.5, 0.6) is 0 Å². The summed E-state index contributed by atoms with van der Waals surface area (Å²) in [5.41, 5.74) is 1.08. The van der Waals surface area contributed by atoms with Gasteiger partial charge in [-0.2, -0.15) is 0 Å². The Labute approximate surface area is 98.6 Å². The van der Waals surface area contributed by atoms with Crippen LogP contribution in [0.15, 0.2) is 29.2 Å². The van der Waals surface area contributed by atoms with Crippen molar-refractivity contribution in [1.82, 2.24) is 0 Å². The Morgan fingerprint density at radius 2 is 1.94 bits per heavy atom. The standard InChI is InChI=1S/C13H20O2S/c1-4-5-9-16(14,15)13-8-6-7-12(10-13)11(2)3/h6-8,10-11H,4-5,9H2,1-3H3. The van der Waals surface area contributed by atoms with Crippen LogP contribution < -0.4 is 0 Å². The molecule has 0 aliphatic heterocycles. The molecule has 0 aliphatic carbocycles. The quantitative estimate of drug-likeness (QED) is 0.790. The third kappa shape index (κ3) is 3.34. The summed E-state index contributed by atoms with van der Waals surface area (Å²) in [7, 11) is -3.08. The smallest absolute Gasteiger partial charge is 0.178 e. The second kappa shape index (κ2) is 5.48. The van der Waals surface area contributed by atoms with Gasteiger partial charge in [0.25, 0.3) is 0 Å². The zero-order valence-corrected chi connectivity index (χ0v) is 11.0. The van der Waals surface area contributed by atoms with Gasteiger partial charge in [-0.1, -0.05) is 39.3 Å². The molecule has 3 heteroatoms. The summed E-state index contributed by atoms with van der Waals surface area (Å²) in [5, 5.41) is 0. The maximum Gasteiger partial charge on any atom is 0.178 e. The fourth-order valence-corrected chi connectivity index (χ4v) is 3.03. The number of sulfone groups is 1. The van der Waals surface area contributed by atoms with Crippen molar-refractivity contribution in [2.24, 2.45) is 0 Å². The average molecular weight is 240 g/mol. The van der Waals surface area contributed by atoms with Gasteiger partial charge in [-0.05, 0) is 30.0 Å². The van der Waals surface area contributed by atoms with Gasteiger partial charge in [-0.25, -0.2) is 8.42 Å². The molecule has 2 nitrogen and oxygen atoms in total. The van der Waals surface area contributed by atoms with Crippen molar-refractivity contribution < 1.29 is 8.42 Å². The maximum atomic E-state index is 12.0. The molecule has 0 saturated carbocycles. The molecular formula is C13H20O2S. The SMILES string of the molecule is CCCCS(=O)(=O)c1cccc(C(C)C)c1. The zero-order valence-electron chi connectivity index (χ0n) is 10.2. The second-order valence-corrected chi connectivity index (χ2v) is 6.51. The summed E-state index contributed by atoms with van der Waals surface area (Å²) in [6.45, 7) is 6.13. The Balaban J connectivity index is 2.99. The Morgan fingerprint density at radius 3 is 2.50 bits per heavy atom. The molecule has 1 rings (SSSR count). The first-order chi connectivity index (χ1) is 7.47. The van der Waals surface area contributed by atoms with Crippen LogP contribution in [0.25, 0.3) is 0 Å². The number of rotatable bonds is 5. The topological polar surface area (TPSA) is 34.1 Å². The van der Waals surface area contributed by atoms with Crippen molar-refractivity contribution in [2.75, 3.05) is 5.75 Å². The highest BCUT2D eigenvalue weighted by Gasteiger charge is 2.14. The van der Waals surface area contributed by atoms with Crippen molar-refractivity contribution in [3.63, 3.8) is 0 Å².